The van der Waals surface area contributed by atoms with Crippen LogP contribution in [0, 0.1) is 0 Å². The number of likely N-dealkylation sites (N-methyl/N-ethyl adjacent to an activating group) is 1. The normalized spacial score (nSPS) is 11.3. The highest BCUT2D eigenvalue weighted by Gasteiger charge is 2.31. The maximum absolute atomic E-state index is 12.7. The zero-order valence-corrected chi connectivity index (χ0v) is 19.2. The third kappa shape index (κ3) is 7.14. The number of anilines is 3. The second-order valence-electron chi connectivity index (χ2n) is 7.46. The third-order valence-corrected chi connectivity index (χ3v) is 4.60. The molecule has 0 fully saturated rings. The van der Waals surface area contributed by atoms with Crippen LogP contribution in [0.3, 0.4) is 0 Å². The van der Waals surface area contributed by atoms with Crippen molar-refractivity contribution >= 4 is 17.5 Å². The van der Waals surface area contributed by atoms with E-state index in [9.17, 15) is 13.2 Å². The summed E-state index contributed by atoms with van der Waals surface area (Å²) >= 11 is 0. The lowest BCUT2D eigenvalue weighted by Crippen LogP contribution is -2.21. The Bertz CT molecular complexity index is 1110. The maximum atomic E-state index is 12.7. The number of methoxy groups -OCH3 is 2. The lowest BCUT2D eigenvalue weighted by Gasteiger charge is -2.15. The summed E-state index contributed by atoms with van der Waals surface area (Å²) in [4.78, 5) is 11.0. The van der Waals surface area contributed by atoms with Gasteiger partial charge in [-0.3, -0.25) is 0 Å². The standard InChI is InChI=1S/C23H26F3N5O3/c1-31(2)11-10-27-22-29-19(15-6-5-7-17(12-15)34-23(24,25)26)14-21(30-22)28-18-9-8-16(32-3)13-20(18)33-4/h5-9,12-14H,10-11H2,1-4H3,(H2,27,28,29,30). The first kappa shape index (κ1) is 24.9. The fraction of sp³-hybridized carbons (Fsp3) is 0.304. The number of halogens is 3. The summed E-state index contributed by atoms with van der Waals surface area (Å²) in [7, 11) is 6.97. The molecule has 34 heavy (non-hydrogen) atoms. The van der Waals surface area contributed by atoms with Crippen molar-refractivity contribution < 1.29 is 27.4 Å². The number of rotatable bonds is 10. The number of ether oxygens (including phenoxy) is 3. The highest BCUT2D eigenvalue weighted by Crippen LogP contribution is 2.33. The number of aromatic nitrogens is 2. The summed E-state index contributed by atoms with van der Waals surface area (Å²) in [5.74, 6) is 1.55. The van der Waals surface area contributed by atoms with Gasteiger partial charge in [-0.1, -0.05) is 12.1 Å². The average molecular weight is 477 g/mol. The number of hydrogen-bond donors (Lipinski definition) is 2. The Kier molecular flexibility index (Phi) is 8.00. The van der Waals surface area contributed by atoms with Crippen LogP contribution in [0.1, 0.15) is 0 Å². The predicted octanol–water partition coefficient (Wildman–Crippen LogP) is 4.78. The molecule has 1 heterocycles. The Morgan fingerprint density at radius 2 is 1.74 bits per heavy atom. The highest BCUT2D eigenvalue weighted by molar-refractivity contribution is 5.71. The van der Waals surface area contributed by atoms with Crippen molar-refractivity contribution in [1.29, 1.82) is 0 Å². The van der Waals surface area contributed by atoms with E-state index in [1.165, 1.54) is 25.3 Å². The molecular formula is C23H26F3N5O3. The van der Waals surface area contributed by atoms with E-state index < -0.39 is 6.36 Å². The molecule has 2 N–H and O–H groups in total. The van der Waals surface area contributed by atoms with Crippen molar-refractivity contribution in [2.24, 2.45) is 0 Å². The Morgan fingerprint density at radius 3 is 2.41 bits per heavy atom. The monoisotopic (exact) mass is 477 g/mol. The Labute approximate surface area is 195 Å². The molecule has 0 aliphatic heterocycles. The lowest BCUT2D eigenvalue weighted by atomic mass is 10.1. The minimum atomic E-state index is -4.79. The molecule has 0 saturated carbocycles. The van der Waals surface area contributed by atoms with Crippen LogP contribution >= 0.6 is 0 Å². The van der Waals surface area contributed by atoms with E-state index in [1.54, 1.807) is 37.4 Å². The molecule has 0 radical (unpaired) electrons. The first-order valence-electron chi connectivity index (χ1n) is 10.3. The van der Waals surface area contributed by atoms with Gasteiger partial charge >= 0.3 is 6.36 Å². The van der Waals surface area contributed by atoms with Crippen molar-refractivity contribution in [3.05, 3.63) is 48.5 Å². The van der Waals surface area contributed by atoms with Crippen LogP contribution in [0.4, 0.5) is 30.6 Å². The van der Waals surface area contributed by atoms with E-state index in [1.807, 2.05) is 19.0 Å². The lowest BCUT2D eigenvalue weighted by molar-refractivity contribution is -0.274. The molecule has 0 aliphatic rings. The van der Waals surface area contributed by atoms with Crippen molar-refractivity contribution in [3.63, 3.8) is 0 Å². The van der Waals surface area contributed by atoms with Crippen LogP contribution in [0.5, 0.6) is 17.2 Å². The molecule has 0 spiro atoms. The predicted molar refractivity (Wildman–Crippen MR) is 124 cm³/mol. The summed E-state index contributed by atoms with van der Waals surface area (Å²) in [5, 5.41) is 6.33. The van der Waals surface area contributed by atoms with E-state index in [-0.39, 0.29) is 5.75 Å². The molecule has 11 heteroatoms. The Balaban J connectivity index is 1.97. The van der Waals surface area contributed by atoms with E-state index in [4.69, 9.17) is 9.47 Å². The Hall–Kier alpha value is -3.73. The van der Waals surface area contributed by atoms with Crippen LogP contribution in [0.15, 0.2) is 48.5 Å². The topological polar surface area (TPSA) is 80.8 Å². The zero-order valence-electron chi connectivity index (χ0n) is 19.2. The van der Waals surface area contributed by atoms with Gasteiger partial charge in [-0.2, -0.15) is 4.98 Å². The van der Waals surface area contributed by atoms with Crippen LogP contribution in [-0.4, -0.2) is 62.6 Å². The van der Waals surface area contributed by atoms with Crippen molar-refractivity contribution in [2.45, 2.75) is 6.36 Å². The molecule has 182 valence electrons. The smallest absolute Gasteiger partial charge is 0.497 e. The molecule has 0 atom stereocenters. The summed E-state index contributed by atoms with van der Waals surface area (Å²) < 4.78 is 52.8. The fourth-order valence-corrected chi connectivity index (χ4v) is 3.02. The van der Waals surface area contributed by atoms with E-state index in [2.05, 4.69) is 25.3 Å². The van der Waals surface area contributed by atoms with Crippen LogP contribution in [0.2, 0.25) is 0 Å². The first-order valence-corrected chi connectivity index (χ1v) is 10.3. The van der Waals surface area contributed by atoms with Gasteiger partial charge in [0.2, 0.25) is 5.95 Å². The molecular weight excluding hydrogens is 451 g/mol. The van der Waals surface area contributed by atoms with Gasteiger partial charge in [-0.15, -0.1) is 13.2 Å². The molecule has 0 aliphatic carbocycles. The average Bonchev–Trinajstić information content (AvgIpc) is 2.78. The summed E-state index contributed by atoms with van der Waals surface area (Å²) in [5.41, 5.74) is 1.47. The molecule has 0 saturated heterocycles. The van der Waals surface area contributed by atoms with Gasteiger partial charge in [-0.05, 0) is 38.4 Å². The molecule has 0 bridgehead atoms. The molecule has 3 aromatic rings. The Morgan fingerprint density at radius 1 is 0.941 bits per heavy atom. The number of nitrogens with one attached hydrogen (secondary N) is 2. The summed E-state index contributed by atoms with van der Waals surface area (Å²) in [6, 6.07) is 12.5. The van der Waals surface area contributed by atoms with Gasteiger partial charge in [0.15, 0.2) is 0 Å². The number of benzene rings is 2. The number of hydrogen-bond acceptors (Lipinski definition) is 8. The third-order valence-electron chi connectivity index (χ3n) is 4.60. The molecule has 3 rings (SSSR count). The van der Waals surface area contributed by atoms with E-state index >= 15 is 0 Å². The largest absolute Gasteiger partial charge is 0.573 e. The second kappa shape index (κ2) is 10.9. The minimum absolute atomic E-state index is 0.316. The van der Waals surface area contributed by atoms with Crippen LogP contribution < -0.4 is 24.8 Å². The molecule has 2 aromatic carbocycles. The molecule has 1 aromatic heterocycles. The summed E-state index contributed by atoms with van der Waals surface area (Å²) in [6.45, 7) is 1.30. The van der Waals surface area contributed by atoms with Crippen molar-refractivity contribution in [1.82, 2.24) is 14.9 Å². The van der Waals surface area contributed by atoms with Crippen molar-refractivity contribution in [2.75, 3.05) is 52.0 Å². The summed E-state index contributed by atoms with van der Waals surface area (Å²) in [6.07, 6.45) is -4.79. The minimum Gasteiger partial charge on any atom is -0.497 e. The molecule has 0 amide bonds. The molecule has 8 nitrogen and oxygen atoms in total. The highest BCUT2D eigenvalue weighted by atomic mass is 19.4. The van der Waals surface area contributed by atoms with Gasteiger partial charge < -0.3 is 29.7 Å². The maximum Gasteiger partial charge on any atom is 0.573 e. The van der Waals surface area contributed by atoms with Gasteiger partial charge in [0.25, 0.3) is 0 Å². The first-order chi connectivity index (χ1) is 16.2. The van der Waals surface area contributed by atoms with E-state index in [0.29, 0.717) is 46.8 Å². The SMILES string of the molecule is COc1ccc(Nc2cc(-c3cccc(OC(F)(F)F)c3)nc(NCCN(C)C)n2)c(OC)c1. The number of nitrogens with zero attached hydrogens (tertiary/aromatic N) is 3. The van der Waals surface area contributed by atoms with Gasteiger partial charge in [-0.25, -0.2) is 4.98 Å². The van der Waals surface area contributed by atoms with Gasteiger partial charge in [0, 0.05) is 30.8 Å². The second-order valence-corrected chi connectivity index (χ2v) is 7.46. The van der Waals surface area contributed by atoms with E-state index in [0.717, 1.165) is 6.54 Å². The fourth-order valence-electron chi connectivity index (χ4n) is 3.02. The molecule has 0 unspecified atom stereocenters. The van der Waals surface area contributed by atoms with Gasteiger partial charge in [0.05, 0.1) is 25.6 Å². The van der Waals surface area contributed by atoms with Crippen LogP contribution in [-0.2, 0) is 0 Å². The number of alkyl halides is 3. The zero-order chi connectivity index (χ0) is 24.7. The van der Waals surface area contributed by atoms with Crippen LogP contribution in [0.25, 0.3) is 11.3 Å². The van der Waals surface area contributed by atoms with Gasteiger partial charge in [0.1, 0.15) is 23.1 Å². The quantitative estimate of drug-likeness (QED) is 0.432. The van der Waals surface area contributed by atoms with Crippen molar-refractivity contribution in [3.8, 4) is 28.5 Å².